The van der Waals surface area contributed by atoms with E-state index in [1.807, 2.05) is 48.0 Å². The number of aryl methyl sites for hydroxylation is 1. The molecule has 0 bridgehead atoms. The zero-order valence-corrected chi connectivity index (χ0v) is 15.0. The number of benzene rings is 2. The van der Waals surface area contributed by atoms with Crippen LogP contribution in [0.3, 0.4) is 0 Å². The van der Waals surface area contributed by atoms with Gasteiger partial charge in [-0.15, -0.1) is 10.2 Å². The van der Waals surface area contributed by atoms with E-state index in [4.69, 9.17) is 4.74 Å². The summed E-state index contributed by atoms with van der Waals surface area (Å²) in [6, 6.07) is 17.1. The normalized spacial score (nSPS) is 10.6. The number of thioether (sulfide) groups is 1. The van der Waals surface area contributed by atoms with Gasteiger partial charge >= 0.3 is 5.97 Å². The van der Waals surface area contributed by atoms with Crippen molar-refractivity contribution in [3.05, 3.63) is 65.7 Å². The summed E-state index contributed by atoms with van der Waals surface area (Å²) < 4.78 is 7.25. The van der Waals surface area contributed by atoms with Crippen LogP contribution in [-0.2, 0) is 11.8 Å². The number of hydrogen-bond acceptors (Lipinski definition) is 5. The second-order valence-electron chi connectivity index (χ2n) is 5.53. The van der Waals surface area contributed by atoms with Gasteiger partial charge in [-0.25, -0.2) is 4.79 Å². The largest absolute Gasteiger partial charge is 0.461 e. The number of nitrogens with zero attached hydrogens (tertiary/aromatic N) is 3. The van der Waals surface area contributed by atoms with Crippen molar-refractivity contribution in [3.63, 3.8) is 0 Å². The van der Waals surface area contributed by atoms with Crippen LogP contribution in [0.5, 0.6) is 0 Å². The highest BCUT2D eigenvalue weighted by atomic mass is 32.2. The Labute approximate surface area is 151 Å². The molecule has 128 valence electrons. The first kappa shape index (κ1) is 17.2. The lowest BCUT2D eigenvalue weighted by Crippen LogP contribution is -2.08. The van der Waals surface area contributed by atoms with E-state index in [0.717, 1.165) is 22.1 Å². The van der Waals surface area contributed by atoms with Gasteiger partial charge in [0.1, 0.15) is 6.61 Å². The Morgan fingerprint density at radius 2 is 1.80 bits per heavy atom. The summed E-state index contributed by atoms with van der Waals surface area (Å²) in [6.07, 6.45) is 0. The highest BCUT2D eigenvalue weighted by molar-refractivity contribution is 7.99. The van der Waals surface area contributed by atoms with Gasteiger partial charge in [0.2, 0.25) is 0 Å². The van der Waals surface area contributed by atoms with Crippen LogP contribution in [0.15, 0.2) is 59.8 Å². The molecule has 3 aromatic rings. The molecule has 0 radical (unpaired) electrons. The molecule has 0 aliphatic heterocycles. The van der Waals surface area contributed by atoms with E-state index in [2.05, 4.69) is 23.2 Å². The number of carbonyl (C=O) groups excluding carboxylic acids is 1. The summed E-state index contributed by atoms with van der Waals surface area (Å²) in [6.45, 7) is 2.38. The Kier molecular flexibility index (Phi) is 5.50. The monoisotopic (exact) mass is 353 g/mol. The van der Waals surface area contributed by atoms with E-state index >= 15 is 0 Å². The third-order valence-electron chi connectivity index (χ3n) is 3.78. The number of esters is 1. The van der Waals surface area contributed by atoms with Gasteiger partial charge in [0.15, 0.2) is 11.0 Å². The molecule has 0 spiro atoms. The van der Waals surface area contributed by atoms with E-state index in [1.54, 1.807) is 12.1 Å². The minimum Gasteiger partial charge on any atom is -0.461 e. The molecule has 5 nitrogen and oxygen atoms in total. The summed E-state index contributed by atoms with van der Waals surface area (Å²) >= 11 is 1.52. The average Bonchev–Trinajstić information content (AvgIpc) is 3.00. The molecule has 0 saturated heterocycles. The van der Waals surface area contributed by atoms with Crippen molar-refractivity contribution < 1.29 is 9.53 Å². The smallest absolute Gasteiger partial charge is 0.338 e. The standard InChI is InChI=1S/C19H19N3O2S/c1-14-8-6-7-11-16(14)17-20-21-19(22(17)2)25-13-12-24-18(23)15-9-4-3-5-10-15/h3-11H,12-13H2,1-2H3. The number of carbonyl (C=O) groups is 1. The molecule has 0 amide bonds. The summed E-state index contributed by atoms with van der Waals surface area (Å²) in [4.78, 5) is 11.9. The minimum atomic E-state index is -0.306. The second kappa shape index (κ2) is 7.98. The first-order chi connectivity index (χ1) is 12.2. The number of ether oxygens (including phenoxy) is 1. The van der Waals surface area contributed by atoms with Crippen LogP contribution in [-0.4, -0.2) is 33.1 Å². The quantitative estimate of drug-likeness (QED) is 0.384. The van der Waals surface area contributed by atoms with Crippen LogP contribution in [0.2, 0.25) is 0 Å². The van der Waals surface area contributed by atoms with Gasteiger partial charge in [-0.05, 0) is 24.6 Å². The molecular weight excluding hydrogens is 334 g/mol. The maximum atomic E-state index is 11.9. The van der Waals surface area contributed by atoms with Gasteiger partial charge < -0.3 is 9.30 Å². The molecule has 1 heterocycles. The van der Waals surface area contributed by atoms with Crippen molar-refractivity contribution in [1.82, 2.24) is 14.8 Å². The van der Waals surface area contributed by atoms with Crippen molar-refractivity contribution in [1.29, 1.82) is 0 Å². The molecular formula is C19H19N3O2S. The molecule has 0 aliphatic rings. The highest BCUT2D eigenvalue weighted by Gasteiger charge is 2.13. The molecule has 0 unspecified atom stereocenters. The molecule has 2 aromatic carbocycles. The Hall–Kier alpha value is -2.60. The topological polar surface area (TPSA) is 57.0 Å². The lowest BCUT2D eigenvalue weighted by atomic mass is 10.1. The number of aromatic nitrogens is 3. The van der Waals surface area contributed by atoms with Gasteiger partial charge in [-0.1, -0.05) is 54.2 Å². The first-order valence-electron chi connectivity index (χ1n) is 7.97. The number of rotatable bonds is 6. The summed E-state index contributed by atoms with van der Waals surface area (Å²) in [7, 11) is 1.94. The van der Waals surface area contributed by atoms with Crippen molar-refractivity contribution in [2.45, 2.75) is 12.1 Å². The van der Waals surface area contributed by atoms with E-state index in [9.17, 15) is 4.79 Å². The zero-order chi connectivity index (χ0) is 17.6. The van der Waals surface area contributed by atoms with Crippen LogP contribution in [0, 0.1) is 6.92 Å². The molecule has 0 atom stereocenters. The second-order valence-corrected chi connectivity index (χ2v) is 6.59. The highest BCUT2D eigenvalue weighted by Crippen LogP contribution is 2.24. The fourth-order valence-corrected chi connectivity index (χ4v) is 3.15. The maximum Gasteiger partial charge on any atom is 0.338 e. The fraction of sp³-hybridized carbons (Fsp3) is 0.211. The zero-order valence-electron chi connectivity index (χ0n) is 14.2. The van der Waals surface area contributed by atoms with E-state index in [1.165, 1.54) is 11.8 Å². The molecule has 0 fully saturated rings. The molecule has 0 saturated carbocycles. The molecule has 1 aromatic heterocycles. The predicted octanol–water partition coefficient (Wildman–Crippen LogP) is 3.74. The van der Waals surface area contributed by atoms with Crippen molar-refractivity contribution in [2.24, 2.45) is 7.05 Å². The molecule has 3 rings (SSSR count). The average molecular weight is 353 g/mol. The fourth-order valence-electron chi connectivity index (χ4n) is 2.42. The van der Waals surface area contributed by atoms with E-state index in [0.29, 0.717) is 17.9 Å². The van der Waals surface area contributed by atoms with E-state index in [-0.39, 0.29) is 5.97 Å². The Bertz CT molecular complexity index is 862. The minimum absolute atomic E-state index is 0.306. The van der Waals surface area contributed by atoms with E-state index < -0.39 is 0 Å². The number of hydrogen-bond donors (Lipinski definition) is 0. The van der Waals surface area contributed by atoms with Gasteiger partial charge in [-0.3, -0.25) is 0 Å². The van der Waals surface area contributed by atoms with Crippen molar-refractivity contribution in [2.75, 3.05) is 12.4 Å². The summed E-state index contributed by atoms with van der Waals surface area (Å²) in [5.74, 6) is 1.15. The third kappa shape index (κ3) is 4.09. The predicted molar refractivity (Wildman–Crippen MR) is 98.6 cm³/mol. The van der Waals surface area contributed by atoms with Crippen LogP contribution in [0.4, 0.5) is 0 Å². The molecule has 0 N–H and O–H groups in total. The first-order valence-corrected chi connectivity index (χ1v) is 8.95. The maximum absolute atomic E-state index is 11.9. The van der Waals surface area contributed by atoms with Crippen molar-refractivity contribution in [3.8, 4) is 11.4 Å². The van der Waals surface area contributed by atoms with Gasteiger partial charge in [0.25, 0.3) is 0 Å². The van der Waals surface area contributed by atoms with Crippen LogP contribution in [0.25, 0.3) is 11.4 Å². The molecule has 25 heavy (non-hydrogen) atoms. The van der Waals surface area contributed by atoms with Gasteiger partial charge in [0, 0.05) is 18.4 Å². The summed E-state index contributed by atoms with van der Waals surface area (Å²) in [5, 5.41) is 9.34. The van der Waals surface area contributed by atoms with Gasteiger partial charge in [-0.2, -0.15) is 0 Å². The van der Waals surface area contributed by atoms with Crippen LogP contribution < -0.4 is 0 Å². The molecule has 6 heteroatoms. The van der Waals surface area contributed by atoms with Crippen LogP contribution >= 0.6 is 11.8 Å². The SMILES string of the molecule is Cc1ccccc1-c1nnc(SCCOC(=O)c2ccccc2)n1C. The Morgan fingerprint density at radius 1 is 1.08 bits per heavy atom. The Balaban J connectivity index is 1.56. The lowest BCUT2D eigenvalue weighted by molar-refractivity contribution is 0.0530. The molecule has 0 aliphatic carbocycles. The lowest BCUT2D eigenvalue weighted by Gasteiger charge is -2.07. The van der Waals surface area contributed by atoms with Crippen LogP contribution in [0.1, 0.15) is 15.9 Å². The summed E-state index contributed by atoms with van der Waals surface area (Å²) in [5.41, 5.74) is 2.79. The van der Waals surface area contributed by atoms with Crippen molar-refractivity contribution >= 4 is 17.7 Å². The Morgan fingerprint density at radius 3 is 2.56 bits per heavy atom. The third-order valence-corrected chi connectivity index (χ3v) is 4.76. The van der Waals surface area contributed by atoms with Gasteiger partial charge in [0.05, 0.1) is 5.56 Å².